The molecule has 10 heteroatoms. The van der Waals surface area contributed by atoms with Crippen molar-refractivity contribution in [2.45, 2.75) is 6.42 Å². The zero-order chi connectivity index (χ0) is 25.5. The number of halogens is 3. The fraction of sp³-hybridized carbons (Fsp3) is 0.308. The van der Waals surface area contributed by atoms with E-state index in [0.717, 1.165) is 37.3 Å². The van der Waals surface area contributed by atoms with E-state index in [1.807, 2.05) is 6.07 Å². The summed E-state index contributed by atoms with van der Waals surface area (Å²) in [6.45, 7) is 4.48. The van der Waals surface area contributed by atoms with Crippen LogP contribution in [0.25, 0.3) is 11.1 Å². The Morgan fingerprint density at radius 3 is 2.72 bits per heavy atom. The van der Waals surface area contributed by atoms with Gasteiger partial charge in [0.1, 0.15) is 11.6 Å². The topological polar surface area (TPSA) is 89.7 Å². The first-order valence-electron chi connectivity index (χ1n) is 11.6. The first-order chi connectivity index (χ1) is 17.4. The van der Waals surface area contributed by atoms with Crippen LogP contribution in [0.3, 0.4) is 0 Å². The van der Waals surface area contributed by atoms with Crippen molar-refractivity contribution >= 4 is 23.3 Å². The zero-order valence-corrected chi connectivity index (χ0v) is 20.4. The van der Waals surface area contributed by atoms with Crippen LogP contribution in [-0.4, -0.2) is 61.8 Å². The Balaban J connectivity index is 1.39. The Labute approximate surface area is 213 Å². The molecule has 0 aliphatic carbocycles. The smallest absolute Gasteiger partial charge is 0.251 e. The molecule has 1 amide bonds. The summed E-state index contributed by atoms with van der Waals surface area (Å²) in [6.07, 6.45) is 1.63. The molecular formula is C26H27ClF2N4O3. The lowest BCUT2D eigenvalue weighted by Gasteiger charge is -2.26. The molecule has 2 aromatic carbocycles. The normalized spacial score (nSPS) is 14.0. The van der Waals surface area contributed by atoms with Crippen LogP contribution in [0, 0.1) is 11.6 Å². The van der Waals surface area contributed by atoms with Crippen LogP contribution in [0.15, 0.2) is 48.7 Å². The minimum atomic E-state index is -0.693. The number of nitrogen functional groups attached to an aromatic ring is 1. The third-order valence-electron chi connectivity index (χ3n) is 5.91. The van der Waals surface area contributed by atoms with E-state index in [1.165, 1.54) is 0 Å². The van der Waals surface area contributed by atoms with Gasteiger partial charge in [-0.2, -0.15) is 0 Å². The fourth-order valence-electron chi connectivity index (χ4n) is 3.88. The third kappa shape index (κ3) is 6.48. The number of nitrogens with zero attached hydrogens (tertiary/aromatic N) is 2. The molecule has 3 aromatic rings. The molecule has 1 aromatic heterocycles. The monoisotopic (exact) mass is 516 g/mol. The summed E-state index contributed by atoms with van der Waals surface area (Å²) < 4.78 is 38.7. The van der Waals surface area contributed by atoms with E-state index in [-0.39, 0.29) is 35.3 Å². The Hall–Kier alpha value is -3.27. The van der Waals surface area contributed by atoms with Crippen molar-refractivity contribution in [3.05, 3.63) is 76.4 Å². The van der Waals surface area contributed by atoms with Gasteiger partial charge in [0.15, 0.2) is 11.6 Å². The van der Waals surface area contributed by atoms with Gasteiger partial charge in [-0.25, -0.2) is 13.8 Å². The number of nitrogens with one attached hydrogen (secondary N) is 1. The molecule has 1 aliphatic heterocycles. The second kappa shape index (κ2) is 12.1. The van der Waals surface area contributed by atoms with E-state index >= 15 is 0 Å². The minimum Gasteiger partial charge on any atom is -0.489 e. The van der Waals surface area contributed by atoms with Gasteiger partial charge in [0.05, 0.1) is 24.8 Å². The molecule has 3 N–H and O–H groups in total. The van der Waals surface area contributed by atoms with Gasteiger partial charge in [-0.15, -0.1) is 0 Å². The number of rotatable bonds is 9. The molecule has 4 rings (SSSR count). The van der Waals surface area contributed by atoms with Crippen molar-refractivity contribution in [2.75, 3.05) is 51.7 Å². The second-order valence-corrected chi connectivity index (χ2v) is 8.70. The quantitative estimate of drug-likeness (QED) is 0.419. The number of benzene rings is 2. The van der Waals surface area contributed by atoms with Crippen LogP contribution in [-0.2, 0) is 11.2 Å². The maximum atomic E-state index is 14.0. The highest BCUT2D eigenvalue weighted by Gasteiger charge is 2.14. The number of aromatic nitrogens is 1. The molecule has 1 saturated heterocycles. The van der Waals surface area contributed by atoms with Gasteiger partial charge in [0.2, 0.25) is 0 Å². The van der Waals surface area contributed by atoms with Crippen LogP contribution < -0.4 is 15.8 Å². The zero-order valence-electron chi connectivity index (χ0n) is 19.6. The number of hydrogen-bond donors (Lipinski definition) is 2. The van der Waals surface area contributed by atoms with Gasteiger partial charge in [0.25, 0.3) is 5.91 Å². The van der Waals surface area contributed by atoms with Gasteiger partial charge in [0, 0.05) is 55.5 Å². The number of amides is 1. The van der Waals surface area contributed by atoms with Gasteiger partial charge >= 0.3 is 0 Å². The molecule has 1 fully saturated rings. The molecule has 7 nitrogen and oxygen atoms in total. The molecule has 0 spiro atoms. The van der Waals surface area contributed by atoms with Crippen molar-refractivity contribution in [3.63, 3.8) is 0 Å². The molecule has 0 saturated carbocycles. The summed E-state index contributed by atoms with van der Waals surface area (Å²) in [5, 5.41) is 2.69. The molecule has 36 heavy (non-hydrogen) atoms. The first-order valence-corrected chi connectivity index (χ1v) is 12.0. The third-order valence-corrected chi connectivity index (χ3v) is 6.31. The summed E-state index contributed by atoms with van der Waals surface area (Å²) >= 11 is 5.88. The lowest BCUT2D eigenvalue weighted by Crippen LogP contribution is -2.41. The van der Waals surface area contributed by atoms with Crippen LogP contribution in [0.1, 0.15) is 15.9 Å². The van der Waals surface area contributed by atoms with Crippen LogP contribution in [0.2, 0.25) is 5.02 Å². The summed E-state index contributed by atoms with van der Waals surface area (Å²) in [4.78, 5) is 19.1. The molecule has 0 bridgehead atoms. The Bertz CT molecular complexity index is 1220. The van der Waals surface area contributed by atoms with Gasteiger partial charge in [-0.3, -0.25) is 9.69 Å². The van der Waals surface area contributed by atoms with Crippen molar-refractivity contribution in [1.29, 1.82) is 0 Å². The van der Waals surface area contributed by atoms with Crippen molar-refractivity contribution in [3.8, 4) is 16.9 Å². The fourth-order valence-corrected chi connectivity index (χ4v) is 4.13. The van der Waals surface area contributed by atoms with E-state index in [0.29, 0.717) is 36.6 Å². The Kier molecular flexibility index (Phi) is 8.69. The second-order valence-electron chi connectivity index (χ2n) is 8.32. The van der Waals surface area contributed by atoms with E-state index in [4.69, 9.17) is 26.8 Å². The van der Waals surface area contributed by atoms with E-state index in [2.05, 4.69) is 15.2 Å². The molecule has 0 atom stereocenters. The number of morpholine rings is 1. The summed E-state index contributed by atoms with van der Waals surface area (Å²) in [5.41, 5.74) is 7.95. The van der Waals surface area contributed by atoms with Gasteiger partial charge in [-0.1, -0.05) is 23.7 Å². The highest BCUT2D eigenvalue weighted by Crippen LogP contribution is 2.29. The summed E-state index contributed by atoms with van der Waals surface area (Å²) in [7, 11) is 0. The van der Waals surface area contributed by atoms with E-state index in [1.54, 1.807) is 30.5 Å². The Morgan fingerprint density at radius 1 is 1.14 bits per heavy atom. The highest BCUT2D eigenvalue weighted by molar-refractivity contribution is 6.31. The van der Waals surface area contributed by atoms with Crippen LogP contribution in [0.4, 0.5) is 14.6 Å². The van der Waals surface area contributed by atoms with Gasteiger partial charge in [-0.05, 0) is 35.9 Å². The maximum absolute atomic E-state index is 14.0. The molecule has 190 valence electrons. The highest BCUT2D eigenvalue weighted by atomic mass is 35.5. The number of carbonyl (C=O) groups excluding carboxylic acids is 1. The number of nitrogens with two attached hydrogens (primary N) is 1. The minimum absolute atomic E-state index is 0.0149. The first kappa shape index (κ1) is 25.8. The number of carbonyl (C=O) groups is 1. The largest absolute Gasteiger partial charge is 0.489 e. The number of ether oxygens (including phenoxy) is 2. The average molecular weight is 517 g/mol. The van der Waals surface area contributed by atoms with Gasteiger partial charge < -0.3 is 20.5 Å². The molecule has 1 aliphatic rings. The molecule has 0 radical (unpaired) electrons. The molecular weight excluding hydrogens is 490 g/mol. The van der Waals surface area contributed by atoms with E-state index < -0.39 is 11.6 Å². The predicted octanol–water partition coefficient (Wildman–Crippen LogP) is 3.95. The average Bonchev–Trinajstić information content (AvgIpc) is 2.90. The van der Waals surface area contributed by atoms with Crippen LogP contribution in [0.5, 0.6) is 5.75 Å². The van der Waals surface area contributed by atoms with E-state index in [9.17, 15) is 13.6 Å². The van der Waals surface area contributed by atoms with Crippen molar-refractivity contribution < 1.29 is 23.0 Å². The summed E-state index contributed by atoms with van der Waals surface area (Å²) in [5.74, 6) is -1.02. The van der Waals surface area contributed by atoms with Crippen molar-refractivity contribution in [1.82, 2.24) is 15.2 Å². The predicted molar refractivity (Wildman–Crippen MR) is 134 cm³/mol. The lowest BCUT2D eigenvalue weighted by atomic mass is 10.0. The number of anilines is 1. The SMILES string of the molecule is Nc1ncc(-c2cccc(C(=O)NCCN3CCOCC3)c2)cc1OCCc1c(F)ccc(F)c1Cl. The Morgan fingerprint density at radius 2 is 1.92 bits per heavy atom. The standard InChI is InChI=1S/C26H27ClF2N4O3/c27-24-20(21(28)4-5-22(24)29)6-11-36-23-15-19(16-32-25(23)30)17-2-1-3-18(14-17)26(34)31-7-8-33-9-12-35-13-10-33/h1-5,14-16H,6-13H2,(H2,30,32)(H,31,34). The number of hydrogen-bond acceptors (Lipinski definition) is 6. The lowest BCUT2D eigenvalue weighted by molar-refractivity contribution is 0.0383. The van der Waals surface area contributed by atoms with Crippen LogP contribution >= 0.6 is 11.6 Å². The van der Waals surface area contributed by atoms with Crippen molar-refractivity contribution in [2.24, 2.45) is 0 Å². The maximum Gasteiger partial charge on any atom is 0.251 e. The molecule has 2 heterocycles. The number of pyridine rings is 1. The molecule has 0 unspecified atom stereocenters. The summed E-state index contributed by atoms with van der Waals surface area (Å²) in [6, 6.07) is 10.9.